The van der Waals surface area contributed by atoms with Crippen LogP contribution in [0.15, 0.2) is 43.9 Å². The molecule has 0 saturated heterocycles. The van der Waals surface area contributed by atoms with Gasteiger partial charge >= 0.3 is 0 Å². The summed E-state index contributed by atoms with van der Waals surface area (Å²) < 4.78 is 7.53. The maximum Gasteiger partial charge on any atom is 0.139 e. The molecule has 1 N–H and O–H groups in total. The third kappa shape index (κ3) is 3.63. The van der Waals surface area contributed by atoms with Gasteiger partial charge in [-0.2, -0.15) is 0 Å². The van der Waals surface area contributed by atoms with Crippen LogP contribution in [0.1, 0.15) is 30.7 Å². The molecular weight excluding hydrogens is 393 g/mol. The molecule has 0 aliphatic carbocycles. The quantitative estimate of drug-likeness (QED) is 0.703. The van der Waals surface area contributed by atoms with Crippen molar-refractivity contribution >= 4 is 43.5 Å². The fourth-order valence-corrected chi connectivity index (χ4v) is 2.92. The number of nitrogens with one attached hydrogen (secondary N) is 1. The SMILES string of the molecule is CCCNC(c1cc(Br)ccc1Cl)c1occc1Br. The van der Waals surface area contributed by atoms with Crippen LogP contribution in [-0.2, 0) is 0 Å². The van der Waals surface area contributed by atoms with Crippen LogP contribution in [0.3, 0.4) is 0 Å². The first-order valence-corrected chi connectivity index (χ1v) is 8.01. The van der Waals surface area contributed by atoms with E-state index in [2.05, 4.69) is 44.1 Å². The van der Waals surface area contributed by atoms with Crippen LogP contribution in [0.5, 0.6) is 0 Å². The Kier molecular flexibility index (Phi) is 5.51. The molecule has 2 aromatic rings. The van der Waals surface area contributed by atoms with Crippen molar-refractivity contribution in [1.82, 2.24) is 5.32 Å². The van der Waals surface area contributed by atoms with Crippen molar-refractivity contribution in [3.63, 3.8) is 0 Å². The first-order chi connectivity index (χ1) is 9.13. The Bertz CT molecular complexity index is 556. The molecule has 0 amide bonds. The van der Waals surface area contributed by atoms with E-state index < -0.39 is 0 Å². The van der Waals surface area contributed by atoms with Gasteiger partial charge in [-0.3, -0.25) is 0 Å². The zero-order valence-corrected chi connectivity index (χ0v) is 14.3. The molecule has 2 nitrogen and oxygen atoms in total. The van der Waals surface area contributed by atoms with E-state index in [0.717, 1.165) is 38.3 Å². The van der Waals surface area contributed by atoms with Crippen LogP contribution in [0.4, 0.5) is 0 Å². The van der Waals surface area contributed by atoms with Gasteiger partial charge in [0.2, 0.25) is 0 Å². The van der Waals surface area contributed by atoms with Crippen molar-refractivity contribution in [2.24, 2.45) is 0 Å². The third-order valence-electron chi connectivity index (χ3n) is 2.77. The zero-order chi connectivity index (χ0) is 13.8. The van der Waals surface area contributed by atoms with Gasteiger partial charge in [0, 0.05) is 9.50 Å². The van der Waals surface area contributed by atoms with Crippen molar-refractivity contribution in [3.8, 4) is 0 Å². The average Bonchev–Trinajstić information content (AvgIpc) is 2.80. The molecule has 2 rings (SSSR count). The van der Waals surface area contributed by atoms with Crippen LogP contribution in [0, 0.1) is 0 Å². The molecule has 1 heterocycles. The summed E-state index contributed by atoms with van der Waals surface area (Å²) in [6.45, 7) is 3.02. The molecule has 1 unspecified atom stereocenters. The molecule has 0 spiro atoms. The average molecular weight is 408 g/mol. The van der Waals surface area contributed by atoms with Crippen LogP contribution in [0.25, 0.3) is 0 Å². The molecule has 19 heavy (non-hydrogen) atoms. The molecule has 0 aliphatic heterocycles. The van der Waals surface area contributed by atoms with Crippen LogP contribution in [-0.4, -0.2) is 6.54 Å². The number of furan rings is 1. The lowest BCUT2D eigenvalue weighted by Gasteiger charge is -2.19. The Morgan fingerprint density at radius 2 is 2.11 bits per heavy atom. The van der Waals surface area contributed by atoms with Crippen molar-refractivity contribution in [1.29, 1.82) is 0 Å². The van der Waals surface area contributed by atoms with Gasteiger partial charge < -0.3 is 9.73 Å². The van der Waals surface area contributed by atoms with Crippen LogP contribution in [0.2, 0.25) is 5.02 Å². The summed E-state index contributed by atoms with van der Waals surface area (Å²) in [7, 11) is 0. The number of hydrogen-bond acceptors (Lipinski definition) is 2. The zero-order valence-electron chi connectivity index (χ0n) is 10.4. The van der Waals surface area contributed by atoms with Gasteiger partial charge in [-0.1, -0.05) is 34.5 Å². The Hall–Kier alpha value is -0.290. The molecule has 102 valence electrons. The van der Waals surface area contributed by atoms with E-state index in [-0.39, 0.29) is 6.04 Å². The molecule has 1 aromatic carbocycles. The lowest BCUT2D eigenvalue weighted by Crippen LogP contribution is -2.23. The summed E-state index contributed by atoms with van der Waals surface area (Å²) in [4.78, 5) is 0. The molecule has 0 radical (unpaired) electrons. The number of hydrogen-bond donors (Lipinski definition) is 1. The second kappa shape index (κ2) is 6.93. The summed E-state index contributed by atoms with van der Waals surface area (Å²) in [5.74, 6) is 0.841. The molecular formula is C14H14Br2ClNO. The minimum atomic E-state index is -0.0608. The van der Waals surface area contributed by atoms with E-state index in [4.69, 9.17) is 16.0 Å². The van der Waals surface area contributed by atoms with Gasteiger partial charge in [0.1, 0.15) is 5.76 Å². The van der Waals surface area contributed by atoms with Crippen molar-refractivity contribution in [2.45, 2.75) is 19.4 Å². The first kappa shape index (κ1) is 15.1. The highest BCUT2D eigenvalue weighted by Gasteiger charge is 2.22. The Morgan fingerprint density at radius 3 is 2.74 bits per heavy atom. The molecule has 0 bridgehead atoms. The van der Waals surface area contributed by atoms with Crippen molar-refractivity contribution in [3.05, 3.63) is 55.8 Å². The minimum absolute atomic E-state index is 0.0608. The number of halogens is 3. The largest absolute Gasteiger partial charge is 0.466 e. The molecule has 0 aliphatic rings. The van der Waals surface area contributed by atoms with Crippen LogP contribution < -0.4 is 5.32 Å². The standard InChI is InChI=1S/C14H14Br2ClNO/c1-2-6-18-13(14-11(16)5-7-19-14)10-8-9(15)3-4-12(10)17/h3-5,7-8,13,18H,2,6H2,1H3. The Morgan fingerprint density at radius 1 is 1.32 bits per heavy atom. The van der Waals surface area contributed by atoms with Gasteiger partial charge in [-0.15, -0.1) is 0 Å². The topological polar surface area (TPSA) is 25.2 Å². The summed E-state index contributed by atoms with van der Waals surface area (Å²) in [6.07, 6.45) is 2.71. The normalized spacial score (nSPS) is 12.6. The second-order valence-electron chi connectivity index (χ2n) is 4.19. The van der Waals surface area contributed by atoms with Crippen molar-refractivity contribution < 1.29 is 4.42 Å². The first-order valence-electron chi connectivity index (χ1n) is 6.04. The summed E-state index contributed by atoms with van der Waals surface area (Å²) >= 11 is 13.3. The highest BCUT2D eigenvalue weighted by atomic mass is 79.9. The smallest absolute Gasteiger partial charge is 0.139 e. The van der Waals surface area contributed by atoms with E-state index in [1.807, 2.05) is 24.3 Å². The number of benzene rings is 1. The molecule has 1 atom stereocenters. The van der Waals surface area contributed by atoms with Gasteiger partial charge in [-0.25, -0.2) is 0 Å². The predicted molar refractivity (Wildman–Crippen MR) is 85.7 cm³/mol. The monoisotopic (exact) mass is 405 g/mol. The number of rotatable bonds is 5. The van der Waals surface area contributed by atoms with Gasteiger partial charge in [0.25, 0.3) is 0 Å². The minimum Gasteiger partial charge on any atom is -0.466 e. The Labute approximate surface area is 134 Å². The van der Waals surface area contributed by atoms with E-state index in [0.29, 0.717) is 0 Å². The molecule has 5 heteroatoms. The molecule has 0 fully saturated rings. The van der Waals surface area contributed by atoms with Gasteiger partial charge in [0.15, 0.2) is 0 Å². The lowest BCUT2D eigenvalue weighted by atomic mass is 10.0. The maximum atomic E-state index is 6.32. The summed E-state index contributed by atoms with van der Waals surface area (Å²) in [5.41, 5.74) is 1.00. The highest BCUT2D eigenvalue weighted by Crippen LogP contribution is 2.34. The molecule has 1 aromatic heterocycles. The fourth-order valence-electron chi connectivity index (χ4n) is 1.88. The van der Waals surface area contributed by atoms with Crippen molar-refractivity contribution in [2.75, 3.05) is 6.54 Å². The second-order valence-corrected chi connectivity index (χ2v) is 6.36. The van der Waals surface area contributed by atoms with E-state index in [1.54, 1.807) is 6.26 Å². The lowest BCUT2D eigenvalue weighted by molar-refractivity contribution is 0.444. The third-order valence-corrected chi connectivity index (χ3v) is 4.27. The Balaban J connectivity index is 2.42. The van der Waals surface area contributed by atoms with Gasteiger partial charge in [0.05, 0.1) is 16.8 Å². The highest BCUT2D eigenvalue weighted by molar-refractivity contribution is 9.10. The summed E-state index contributed by atoms with van der Waals surface area (Å²) in [5, 5.41) is 4.19. The van der Waals surface area contributed by atoms with E-state index >= 15 is 0 Å². The molecule has 0 saturated carbocycles. The maximum absolute atomic E-state index is 6.32. The van der Waals surface area contributed by atoms with E-state index in [1.165, 1.54) is 0 Å². The summed E-state index contributed by atoms with van der Waals surface area (Å²) in [6, 6.07) is 7.67. The van der Waals surface area contributed by atoms with Crippen LogP contribution >= 0.6 is 43.5 Å². The van der Waals surface area contributed by atoms with E-state index in [9.17, 15) is 0 Å². The predicted octanol–water partition coefficient (Wildman–Crippen LogP) is 5.55. The van der Waals surface area contributed by atoms with Gasteiger partial charge in [-0.05, 0) is 58.7 Å². The fraction of sp³-hybridized carbons (Fsp3) is 0.286.